The van der Waals surface area contributed by atoms with Crippen LogP contribution >= 0.6 is 0 Å². The van der Waals surface area contributed by atoms with Crippen molar-refractivity contribution in [2.75, 3.05) is 27.4 Å². The number of benzene rings is 1. The summed E-state index contributed by atoms with van der Waals surface area (Å²) in [5, 5.41) is 10.1. The lowest BCUT2D eigenvalue weighted by molar-refractivity contribution is -0.141. The van der Waals surface area contributed by atoms with Crippen LogP contribution in [0.2, 0.25) is 0 Å². The Bertz CT molecular complexity index is 748. The second-order valence-corrected chi connectivity index (χ2v) is 6.59. The zero-order chi connectivity index (χ0) is 28.0. The number of nitriles is 1. The van der Waals surface area contributed by atoms with Crippen molar-refractivity contribution in [2.45, 2.75) is 100 Å². The van der Waals surface area contributed by atoms with Crippen molar-refractivity contribution in [1.29, 1.82) is 5.26 Å². The van der Waals surface area contributed by atoms with E-state index in [1.165, 1.54) is 14.2 Å². The molecule has 1 aliphatic heterocycles. The van der Waals surface area contributed by atoms with Crippen molar-refractivity contribution in [3.05, 3.63) is 22.8 Å². The average molecular weight is 496 g/mol. The summed E-state index contributed by atoms with van der Waals surface area (Å²) < 4.78 is 21.1. The maximum Gasteiger partial charge on any atom is 0.305 e. The number of hydrogen-bond acceptors (Lipinski definition) is 7. The Labute approximate surface area is 214 Å². The first-order chi connectivity index (χ1) is 16.9. The zero-order valence-corrected chi connectivity index (χ0v) is 24.2. The first-order valence-corrected chi connectivity index (χ1v) is 12.8. The number of esters is 2. The number of methoxy groups -OCH3 is 2. The fourth-order valence-corrected chi connectivity index (χ4v) is 3.51. The minimum absolute atomic E-state index is 0.0498. The van der Waals surface area contributed by atoms with Gasteiger partial charge in [-0.25, -0.2) is 0 Å². The Kier molecular flexibility index (Phi) is 22.9. The molecule has 35 heavy (non-hydrogen) atoms. The number of ether oxygens (including phenoxy) is 4. The van der Waals surface area contributed by atoms with Gasteiger partial charge in [0.25, 0.3) is 0 Å². The van der Waals surface area contributed by atoms with Gasteiger partial charge < -0.3 is 18.9 Å². The molecule has 0 atom stereocenters. The Morgan fingerprint density at radius 3 is 1.60 bits per heavy atom. The standard InChI is InChI=1S/C20H25NO6.4C2H6/c1-13-11-14(2)18-19(27-10-9-26-18)17(13)20(12-21,7-5-15(22)24-3)8-6-16(23)25-4;4*1-2/h11H,5-10H2,1-4H3;4*1-2H3. The largest absolute Gasteiger partial charge is 0.486 e. The Morgan fingerprint density at radius 1 is 0.829 bits per heavy atom. The number of nitrogens with zero attached hydrogens (tertiary/aromatic N) is 1. The van der Waals surface area contributed by atoms with Crippen molar-refractivity contribution >= 4 is 11.9 Å². The van der Waals surface area contributed by atoms with E-state index in [1.54, 1.807) is 0 Å². The van der Waals surface area contributed by atoms with Gasteiger partial charge in [0, 0.05) is 18.4 Å². The molecule has 0 saturated carbocycles. The van der Waals surface area contributed by atoms with Crippen LogP contribution < -0.4 is 9.47 Å². The molecule has 0 saturated heterocycles. The minimum Gasteiger partial charge on any atom is -0.486 e. The van der Waals surface area contributed by atoms with Crippen molar-refractivity contribution < 1.29 is 28.5 Å². The monoisotopic (exact) mass is 495 g/mol. The van der Waals surface area contributed by atoms with Gasteiger partial charge in [0.1, 0.15) is 13.2 Å². The van der Waals surface area contributed by atoms with E-state index >= 15 is 0 Å². The lowest BCUT2D eigenvalue weighted by Crippen LogP contribution is -2.30. The number of fused-ring (bicyclic) bond motifs is 1. The average Bonchev–Trinajstić information content (AvgIpc) is 2.93. The summed E-state index contributed by atoms with van der Waals surface area (Å²) in [7, 11) is 2.61. The van der Waals surface area contributed by atoms with Gasteiger partial charge in [-0.3, -0.25) is 9.59 Å². The molecule has 0 spiro atoms. The maximum absolute atomic E-state index is 11.7. The van der Waals surface area contributed by atoms with Gasteiger partial charge in [-0.15, -0.1) is 0 Å². The summed E-state index contributed by atoms with van der Waals surface area (Å²) >= 11 is 0. The molecule has 7 heteroatoms. The highest BCUT2D eigenvalue weighted by Crippen LogP contribution is 2.48. The second-order valence-electron chi connectivity index (χ2n) is 6.59. The summed E-state index contributed by atoms with van der Waals surface area (Å²) in [5.41, 5.74) is 1.33. The van der Waals surface area contributed by atoms with Gasteiger partial charge in [-0.2, -0.15) is 5.26 Å². The number of carbonyl (C=O) groups is 2. The zero-order valence-electron chi connectivity index (χ0n) is 24.2. The minimum atomic E-state index is -1.11. The SMILES string of the molecule is CC.CC.CC.CC.COC(=O)CCC(C#N)(CCC(=O)OC)c1c(C)cc(C)c2c1OCCO2. The molecule has 1 aromatic rings. The third kappa shape index (κ3) is 11.0. The lowest BCUT2D eigenvalue weighted by Gasteiger charge is -2.33. The highest BCUT2D eigenvalue weighted by molar-refractivity contribution is 5.71. The van der Waals surface area contributed by atoms with Gasteiger partial charge in [-0.1, -0.05) is 61.5 Å². The summed E-state index contributed by atoms with van der Waals surface area (Å²) in [5.74, 6) is 0.305. The van der Waals surface area contributed by atoms with E-state index in [0.717, 1.165) is 11.1 Å². The maximum atomic E-state index is 11.7. The van der Waals surface area contributed by atoms with Crippen molar-refractivity contribution in [1.82, 2.24) is 0 Å². The highest BCUT2D eigenvalue weighted by Gasteiger charge is 2.40. The van der Waals surface area contributed by atoms with E-state index in [0.29, 0.717) is 30.3 Å². The van der Waals surface area contributed by atoms with Gasteiger partial charge in [0.05, 0.1) is 25.7 Å². The van der Waals surface area contributed by atoms with E-state index in [9.17, 15) is 14.9 Å². The van der Waals surface area contributed by atoms with Crippen LogP contribution in [0.25, 0.3) is 0 Å². The van der Waals surface area contributed by atoms with Crippen LogP contribution in [-0.4, -0.2) is 39.4 Å². The quantitative estimate of drug-likeness (QED) is 0.382. The molecule has 0 radical (unpaired) electrons. The van der Waals surface area contributed by atoms with Crippen LogP contribution in [0.5, 0.6) is 11.5 Å². The highest BCUT2D eigenvalue weighted by atomic mass is 16.6. The van der Waals surface area contributed by atoms with Crippen LogP contribution in [-0.2, 0) is 24.5 Å². The molecule has 0 aromatic heterocycles. The van der Waals surface area contributed by atoms with Crippen molar-refractivity contribution in [2.24, 2.45) is 0 Å². The van der Waals surface area contributed by atoms with Crippen LogP contribution in [0.4, 0.5) is 0 Å². The molecule has 0 amide bonds. The van der Waals surface area contributed by atoms with E-state index in [2.05, 4.69) is 6.07 Å². The van der Waals surface area contributed by atoms with Crippen LogP contribution in [0.3, 0.4) is 0 Å². The Morgan fingerprint density at radius 2 is 1.23 bits per heavy atom. The predicted octanol–water partition coefficient (Wildman–Crippen LogP) is 6.85. The third-order valence-electron chi connectivity index (χ3n) is 4.85. The first kappa shape index (κ1) is 36.8. The first-order valence-electron chi connectivity index (χ1n) is 12.8. The second kappa shape index (κ2) is 21.8. The molecule has 202 valence electrons. The summed E-state index contributed by atoms with van der Waals surface area (Å²) in [6, 6.07) is 4.29. The fraction of sp³-hybridized carbons (Fsp3) is 0.679. The number of aryl methyl sites for hydroxylation is 2. The van der Waals surface area contributed by atoms with Crippen LogP contribution in [0.15, 0.2) is 6.07 Å². The molecule has 1 aromatic carbocycles. The summed E-state index contributed by atoms with van der Waals surface area (Å²) in [6.45, 7) is 20.6. The molecule has 2 rings (SSSR count). The summed E-state index contributed by atoms with van der Waals surface area (Å²) in [6.07, 6.45) is 0.502. The molecule has 1 aliphatic rings. The van der Waals surface area contributed by atoms with Crippen molar-refractivity contribution in [3.63, 3.8) is 0 Å². The van der Waals surface area contributed by atoms with Gasteiger partial charge in [0.15, 0.2) is 11.5 Å². The smallest absolute Gasteiger partial charge is 0.305 e. The van der Waals surface area contributed by atoms with Crippen LogP contribution in [0.1, 0.15) is 97.8 Å². The molecular weight excluding hydrogens is 446 g/mol. The fourth-order valence-electron chi connectivity index (χ4n) is 3.51. The Hall–Kier alpha value is -2.75. The van der Waals surface area contributed by atoms with Gasteiger partial charge >= 0.3 is 11.9 Å². The predicted molar refractivity (Wildman–Crippen MR) is 142 cm³/mol. The molecule has 0 unspecified atom stereocenters. The molecule has 0 aliphatic carbocycles. The van der Waals surface area contributed by atoms with E-state index in [4.69, 9.17) is 18.9 Å². The molecule has 0 bridgehead atoms. The number of hydrogen-bond donors (Lipinski definition) is 0. The van der Waals surface area contributed by atoms with E-state index in [-0.39, 0.29) is 25.7 Å². The number of carbonyl (C=O) groups excluding carboxylic acids is 2. The van der Waals surface area contributed by atoms with E-state index < -0.39 is 17.4 Å². The lowest BCUT2D eigenvalue weighted by atomic mass is 9.72. The van der Waals surface area contributed by atoms with E-state index in [1.807, 2.05) is 75.3 Å². The molecule has 7 nitrogen and oxygen atoms in total. The van der Waals surface area contributed by atoms with Gasteiger partial charge in [-0.05, 0) is 37.8 Å². The molecule has 1 heterocycles. The van der Waals surface area contributed by atoms with Crippen molar-refractivity contribution in [3.8, 4) is 17.6 Å². The Balaban J connectivity index is -0.00000116. The molecule has 0 fully saturated rings. The third-order valence-corrected chi connectivity index (χ3v) is 4.85. The molecule has 0 N–H and O–H groups in total. The van der Waals surface area contributed by atoms with Crippen LogP contribution in [0, 0.1) is 25.2 Å². The molecular formula is C28H49NO6. The van der Waals surface area contributed by atoms with Gasteiger partial charge in [0.2, 0.25) is 0 Å². The normalized spacial score (nSPS) is 10.6. The summed E-state index contributed by atoms with van der Waals surface area (Å²) in [4.78, 5) is 23.5. The number of rotatable bonds is 7. The topological polar surface area (TPSA) is 94.9 Å².